The highest BCUT2D eigenvalue weighted by Crippen LogP contribution is 2.33. The molecule has 2 heterocycles. The van der Waals surface area contributed by atoms with Crippen LogP contribution in [-0.4, -0.2) is 46.7 Å². The zero-order valence-electron chi connectivity index (χ0n) is 12.3. The molecule has 0 bridgehead atoms. The van der Waals surface area contributed by atoms with Crippen molar-refractivity contribution in [1.82, 2.24) is 0 Å². The number of aliphatic hydroxyl groups excluding tert-OH is 2. The average Bonchev–Trinajstić information content (AvgIpc) is 3.00. The molecule has 116 valence electrons. The summed E-state index contributed by atoms with van der Waals surface area (Å²) < 4.78 is 11.0. The first-order valence-electron chi connectivity index (χ1n) is 7.76. The van der Waals surface area contributed by atoms with Gasteiger partial charge in [-0.3, -0.25) is 4.79 Å². The maximum Gasteiger partial charge on any atom is 0.311 e. The van der Waals surface area contributed by atoms with E-state index >= 15 is 0 Å². The monoisotopic (exact) mass is 286 g/mol. The number of carbonyl (C=O) groups is 1. The summed E-state index contributed by atoms with van der Waals surface area (Å²) in [5.74, 6) is -0.852. The molecule has 6 unspecified atom stereocenters. The van der Waals surface area contributed by atoms with Crippen molar-refractivity contribution < 1.29 is 24.5 Å². The van der Waals surface area contributed by atoms with Crippen LogP contribution < -0.4 is 0 Å². The molecule has 20 heavy (non-hydrogen) atoms. The lowest BCUT2D eigenvalue weighted by atomic mass is 9.98. The van der Waals surface area contributed by atoms with Crippen molar-refractivity contribution in [2.24, 2.45) is 5.92 Å². The first-order valence-corrected chi connectivity index (χ1v) is 7.76. The van der Waals surface area contributed by atoms with Crippen LogP contribution in [0.15, 0.2) is 0 Å². The predicted molar refractivity (Wildman–Crippen MR) is 73.1 cm³/mol. The number of cyclic esters (lactones) is 1. The molecule has 2 aliphatic heterocycles. The van der Waals surface area contributed by atoms with Gasteiger partial charge in [0.15, 0.2) is 6.10 Å². The molecule has 5 heteroatoms. The molecule has 2 fully saturated rings. The van der Waals surface area contributed by atoms with Crippen LogP contribution in [0.1, 0.15) is 52.4 Å². The highest BCUT2D eigenvalue weighted by molar-refractivity contribution is 5.75. The minimum atomic E-state index is -0.802. The summed E-state index contributed by atoms with van der Waals surface area (Å²) in [6.45, 7) is 3.80. The molecule has 5 nitrogen and oxygen atoms in total. The van der Waals surface area contributed by atoms with Crippen molar-refractivity contribution in [3.05, 3.63) is 0 Å². The Morgan fingerprint density at radius 1 is 1.35 bits per heavy atom. The second-order valence-corrected chi connectivity index (χ2v) is 6.03. The van der Waals surface area contributed by atoms with Crippen LogP contribution in [0.5, 0.6) is 0 Å². The topological polar surface area (TPSA) is 76.0 Å². The van der Waals surface area contributed by atoms with Crippen LogP contribution in [0.2, 0.25) is 0 Å². The lowest BCUT2D eigenvalue weighted by Gasteiger charge is -2.23. The van der Waals surface area contributed by atoms with E-state index in [2.05, 4.69) is 6.92 Å². The molecule has 0 aromatic carbocycles. The zero-order valence-corrected chi connectivity index (χ0v) is 12.3. The van der Waals surface area contributed by atoms with E-state index < -0.39 is 24.2 Å². The van der Waals surface area contributed by atoms with Gasteiger partial charge in [-0.25, -0.2) is 0 Å². The van der Waals surface area contributed by atoms with E-state index in [9.17, 15) is 15.0 Å². The maximum absolute atomic E-state index is 11.5. The molecule has 0 spiro atoms. The third-order valence-electron chi connectivity index (χ3n) is 4.46. The quantitative estimate of drug-likeness (QED) is 0.570. The smallest absolute Gasteiger partial charge is 0.311 e. The van der Waals surface area contributed by atoms with Gasteiger partial charge in [-0.05, 0) is 26.2 Å². The Hall–Kier alpha value is -0.650. The Bertz CT molecular complexity index is 332. The summed E-state index contributed by atoms with van der Waals surface area (Å²) in [7, 11) is 0. The number of hydrogen-bond donors (Lipinski definition) is 2. The molecule has 0 amide bonds. The Morgan fingerprint density at radius 3 is 2.70 bits per heavy atom. The third-order valence-corrected chi connectivity index (χ3v) is 4.46. The zero-order chi connectivity index (χ0) is 14.7. The molecule has 2 aliphatic rings. The van der Waals surface area contributed by atoms with Crippen LogP contribution >= 0.6 is 0 Å². The number of aliphatic hydroxyl groups is 2. The standard InChI is InChI=1S/C15H26O5/c1-3-4-5-6-10(16)11-7-8-12(19-11)14-13(17)9(2)15(18)20-14/h9-14,16-17H,3-8H2,1-2H3. The molecular weight excluding hydrogens is 260 g/mol. The third kappa shape index (κ3) is 3.32. The van der Waals surface area contributed by atoms with E-state index in [4.69, 9.17) is 9.47 Å². The highest BCUT2D eigenvalue weighted by Gasteiger charge is 2.48. The summed E-state index contributed by atoms with van der Waals surface area (Å²) in [6, 6.07) is 0. The van der Waals surface area contributed by atoms with Gasteiger partial charge >= 0.3 is 5.97 Å². The number of unbranched alkanes of at least 4 members (excludes halogenated alkanes) is 2. The fourth-order valence-electron chi connectivity index (χ4n) is 3.03. The predicted octanol–water partition coefficient (Wildman–Crippen LogP) is 1.40. The number of carbonyl (C=O) groups excluding carboxylic acids is 1. The number of ether oxygens (including phenoxy) is 2. The van der Waals surface area contributed by atoms with Gasteiger partial charge < -0.3 is 19.7 Å². The number of esters is 1. The van der Waals surface area contributed by atoms with Gasteiger partial charge in [0.05, 0.1) is 24.2 Å². The summed E-state index contributed by atoms with van der Waals surface area (Å²) in [4.78, 5) is 11.5. The molecule has 0 aromatic heterocycles. The molecule has 2 rings (SSSR count). The SMILES string of the molecule is CCCCCC(O)C1CCC(C2OC(=O)C(C)C2O)O1. The van der Waals surface area contributed by atoms with Gasteiger partial charge in [-0.1, -0.05) is 26.2 Å². The Kier molecular flexibility index (Phi) is 5.41. The lowest BCUT2D eigenvalue weighted by molar-refractivity contribution is -0.151. The molecule has 6 atom stereocenters. The largest absolute Gasteiger partial charge is 0.457 e. The normalized spacial score (nSPS) is 39.0. The van der Waals surface area contributed by atoms with E-state index in [0.717, 1.165) is 38.5 Å². The van der Waals surface area contributed by atoms with Gasteiger partial charge in [0.1, 0.15) is 6.10 Å². The van der Waals surface area contributed by atoms with Crippen molar-refractivity contribution in [3.63, 3.8) is 0 Å². The van der Waals surface area contributed by atoms with Crippen molar-refractivity contribution in [2.75, 3.05) is 0 Å². The fraction of sp³-hybridized carbons (Fsp3) is 0.933. The molecule has 2 saturated heterocycles. The van der Waals surface area contributed by atoms with E-state index in [1.165, 1.54) is 0 Å². The molecule has 0 radical (unpaired) electrons. The van der Waals surface area contributed by atoms with E-state index in [1.807, 2.05) is 0 Å². The number of rotatable bonds is 6. The Labute approximate surface area is 120 Å². The molecular formula is C15H26O5. The summed E-state index contributed by atoms with van der Waals surface area (Å²) >= 11 is 0. The summed E-state index contributed by atoms with van der Waals surface area (Å²) in [6.07, 6.45) is 3.14. The summed E-state index contributed by atoms with van der Waals surface area (Å²) in [5.41, 5.74) is 0. The van der Waals surface area contributed by atoms with Gasteiger partial charge in [0.2, 0.25) is 0 Å². The Balaban J connectivity index is 1.81. The second kappa shape index (κ2) is 6.87. The highest BCUT2D eigenvalue weighted by atomic mass is 16.6. The second-order valence-electron chi connectivity index (χ2n) is 6.03. The first-order chi connectivity index (χ1) is 9.54. The minimum Gasteiger partial charge on any atom is -0.457 e. The van der Waals surface area contributed by atoms with Crippen molar-refractivity contribution >= 4 is 5.97 Å². The van der Waals surface area contributed by atoms with E-state index in [1.54, 1.807) is 6.92 Å². The van der Waals surface area contributed by atoms with Gasteiger partial charge in [-0.2, -0.15) is 0 Å². The Morgan fingerprint density at radius 2 is 2.10 bits per heavy atom. The minimum absolute atomic E-state index is 0.196. The van der Waals surface area contributed by atoms with E-state index in [-0.39, 0.29) is 18.2 Å². The van der Waals surface area contributed by atoms with Gasteiger partial charge in [-0.15, -0.1) is 0 Å². The molecule has 0 aromatic rings. The first kappa shape index (κ1) is 15.7. The lowest BCUT2D eigenvalue weighted by Crippen LogP contribution is -2.37. The maximum atomic E-state index is 11.5. The summed E-state index contributed by atoms with van der Waals surface area (Å²) in [5, 5.41) is 20.1. The number of hydrogen-bond acceptors (Lipinski definition) is 5. The van der Waals surface area contributed by atoms with Crippen molar-refractivity contribution in [1.29, 1.82) is 0 Å². The van der Waals surface area contributed by atoms with Gasteiger partial charge in [0, 0.05) is 0 Å². The average molecular weight is 286 g/mol. The fourth-order valence-corrected chi connectivity index (χ4v) is 3.03. The molecule has 0 aliphatic carbocycles. The van der Waals surface area contributed by atoms with Crippen LogP contribution in [0, 0.1) is 5.92 Å². The van der Waals surface area contributed by atoms with Gasteiger partial charge in [0.25, 0.3) is 0 Å². The van der Waals surface area contributed by atoms with Crippen molar-refractivity contribution in [2.45, 2.75) is 82.9 Å². The van der Waals surface area contributed by atoms with Crippen molar-refractivity contribution in [3.8, 4) is 0 Å². The van der Waals surface area contributed by atoms with Crippen LogP contribution in [-0.2, 0) is 14.3 Å². The van der Waals surface area contributed by atoms with E-state index in [0.29, 0.717) is 0 Å². The molecule has 2 N–H and O–H groups in total. The molecule has 0 saturated carbocycles. The van der Waals surface area contributed by atoms with Crippen LogP contribution in [0.25, 0.3) is 0 Å². The van der Waals surface area contributed by atoms with Crippen LogP contribution in [0.3, 0.4) is 0 Å². The van der Waals surface area contributed by atoms with Crippen LogP contribution in [0.4, 0.5) is 0 Å².